The molecule has 0 fully saturated rings. The maximum absolute atomic E-state index is 9.82. The summed E-state index contributed by atoms with van der Waals surface area (Å²) in [6, 6.07) is 5.94. The van der Waals surface area contributed by atoms with Crippen molar-refractivity contribution in [3.8, 4) is 5.75 Å². The fourth-order valence-electron chi connectivity index (χ4n) is 2.79. The molecule has 0 aliphatic heterocycles. The van der Waals surface area contributed by atoms with Crippen molar-refractivity contribution in [2.45, 2.75) is 38.9 Å². The molecule has 1 aromatic heterocycles. The molecule has 0 unspecified atom stereocenters. The van der Waals surface area contributed by atoms with Crippen LogP contribution in [0.5, 0.6) is 5.75 Å². The number of halogens is 1. The Bertz CT molecular complexity index is 667. The highest BCUT2D eigenvalue weighted by Gasteiger charge is 2.20. The molecule has 1 aromatic carbocycles. The highest BCUT2D eigenvalue weighted by molar-refractivity contribution is 9.10. The van der Waals surface area contributed by atoms with Crippen molar-refractivity contribution in [3.05, 3.63) is 45.2 Å². The highest BCUT2D eigenvalue weighted by Crippen LogP contribution is 2.33. The van der Waals surface area contributed by atoms with Gasteiger partial charge in [0.2, 0.25) is 0 Å². The van der Waals surface area contributed by atoms with Gasteiger partial charge in [0.05, 0.1) is 22.0 Å². The average Bonchev–Trinajstić information content (AvgIpc) is 2.98. The van der Waals surface area contributed by atoms with E-state index < -0.39 is 0 Å². The molecule has 21 heavy (non-hydrogen) atoms. The second-order valence-corrected chi connectivity index (χ2v) is 6.18. The number of benzene rings is 1. The molecule has 5 heteroatoms. The van der Waals surface area contributed by atoms with Crippen molar-refractivity contribution in [2.24, 2.45) is 7.05 Å². The van der Waals surface area contributed by atoms with Crippen molar-refractivity contribution in [3.63, 3.8) is 0 Å². The predicted octanol–water partition coefficient (Wildman–Crippen LogP) is 3.30. The number of aromatic nitrogens is 2. The maximum Gasteiger partial charge on any atom is 0.131 e. The normalized spacial score (nSPS) is 17.0. The largest absolute Gasteiger partial charge is 0.487 e. The van der Waals surface area contributed by atoms with Gasteiger partial charge < -0.3 is 9.84 Å². The Morgan fingerprint density at radius 2 is 2.29 bits per heavy atom. The molecule has 1 atom stereocenters. The van der Waals surface area contributed by atoms with Gasteiger partial charge >= 0.3 is 0 Å². The molecule has 1 N–H and O–H groups in total. The van der Waals surface area contributed by atoms with Gasteiger partial charge in [-0.05, 0) is 58.5 Å². The first-order valence-corrected chi connectivity index (χ1v) is 8.03. The number of fused-ring (bicyclic) bond motifs is 1. The lowest BCUT2D eigenvalue weighted by molar-refractivity contribution is 0.180. The van der Waals surface area contributed by atoms with E-state index in [1.807, 2.05) is 29.9 Å². The van der Waals surface area contributed by atoms with Gasteiger partial charge in [0.15, 0.2) is 0 Å². The molecular weight excluding hydrogens is 332 g/mol. The summed E-state index contributed by atoms with van der Waals surface area (Å²) < 4.78 is 8.79. The Morgan fingerprint density at radius 3 is 3.00 bits per heavy atom. The van der Waals surface area contributed by atoms with Crippen molar-refractivity contribution in [1.29, 1.82) is 0 Å². The van der Waals surface area contributed by atoms with Crippen molar-refractivity contribution in [2.75, 3.05) is 0 Å². The van der Waals surface area contributed by atoms with Crippen molar-refractivity contribution >= 4 is 15.9 Å². The smallest absolute Gasteiger partial charge is 0.131 e. The SMILES string of the molecule is CCc1nn(C)c(COc2ccc3c(c2)CC[C@H]3O)c1Br. The number of aliphatic hydroxyl groups excluding tert-OH is 1. The zero-order valence-electron chi connectivity index (χ0n) is 12.3. The van der Waals surface area contributed by atoms with E-state index in [1.54, 1.807) is 0 Å². The Kier molecular flexibility index (Phi) is 4.04. The van der Waals surface area contributed by atoms with Gasteiger partial charge in [-0.3, -0.25) is 4.68 Å². The summed E-state index contributed by atoms with van der Waals surface area (Å²) in [5.41, 5.74) is 4.32. The van der Waals surface area contributed by atoms with E-state index in [0.717, 1.165) is 46.4 Å². The molecular formula is C16H19BrN2O2. The second kappa shape index (κ2) is 5.81. The van der Waals surface area contributed by atoms with E-state index in [0.29, 0.717) is 6.61 Å². The van der Waals surface area contributed by atoms with E-state index in [9.17, 15) is 5.11 Å². The van der Waals surface area contributed by atoms with Gasteiger partial charge in [0.1, 0.15) is 12.4 Å². The van der Waals surface area contributed by atoms with Crippen LogP contribution in [0.3, 0.4) is 0 Å². The van der Waals surface area contributed by atoms with Crippen LogP contribution in [0.2, 0.25) is 0 Å². The monoisotopic (exact) mass is 350 g/mol. The summed E-state index contributed by atoms with van der Waals surface area (Å²) in [5.74, 6) is 0.842. The summed E-state index contributed by atoms with van der Waals surface area (Å²) in [4.78, 5) is 0. The van der Waals surface area contributed by atoms with Gasteiger partial charge in [-0.2, -0.15) is 5.10 Å². The summed E-state index contributed by atoms with van der Waals surface area (Å²) in [6.45, 7) is 2.56. The number of rotatable bonds is 4. The molecule has 1 heterocycles. The topological polar surface area (TPSA) is 47.3 Å². The first-order chi connectivity index (χ1) is 10.1. The zero-order chi connectivity index (χ0) is 15.0. The van der Waals surface area contributed by atoms with E-state index in [2.05, 4.69) is 28.0 Å². The van der Waals surface area contributed by atoms with Crippen LogP contribution < -0.4 is 4.74 Å². The number of aliphatic hydroxyl groups is 1. The fraction of sp³-hybridized carbons (Fsp3) is 0.438. The van der Waals surface area contributed by atoms with Gasteiger partial charge in [-0.25, -0.2) is 0 Å². The number of ether oxygens (including phenoxy) is 1. The van der Waals surface area contributed by atoms with Crippen molar-refractivity contribution in [1.82, 2.24) is 9.78 Å². The number of hydrogen-bond donors (Lipinski definition) is 1. The molecule has 3 rings (SSSR count). The Labute approximate surface area is 132 Å². The molecule has 0 saturated carbocycles. The Hall–Kier alpha value is -1.33. The lowest BCUT2D eigenvalue weighted by Crippen LogP contribution is -2.04. The molecule has 1 aliphatic rings. The van der Waals surface area contributed by atoms with E-state index in [1.165, 1.54) is 5.56 Å². The molecule has 0 spiro atoms. The lowest BCUT2D eigenvalue weighted by Gasteiger charge is -2.09. The lowest BCUT2D eigenvalue weighted by atomic mass is 10.1. The Morgan fingerprint density at radius 1 is 1.48 bits per heavy atom. The molecule has 112 valence electrons. The summed E-state index contributed by atoms with van der Waals surface area (Å²) in [5, 5.41) is 14.3. The molecule has 4 nitrogen and oxygen atoms in total. The van der Waals surface area contributed by atoms with Crippen LogP contribution >= 0.6 is 15.9 Å². The summed E-state index contributed by atoms with van der Waals surface area (Å²) in [7, 11) is 1.93. The molecule has 0 radical (unpaired) electrons. The van der Waals surface area contributed by atoms with Crippen LogP contribution in [0.25, 0.3) is 0 Å². The van der Waals surface area contributed by atoms with Gasteiger partial charge in [0, 0.05) is 7.05 Å². The number of hydrogen-bond acceptors (Lipinski definition) is 3. The maximum atomic E-state index is 9.82. The third-order valence-electron chi connectivity index (χ3n) is 4.04. The number of aryl methyl sites for hydroxylation is 3. The quantitative estimate of drug-likeness (QED) is 0.920. The van der Waals surface area contributed by atoms with Crippen LogP contribution in [0.4, 0.5) is 0 Å². The summed E-state index contributed by atoms with van der Waals surface area (Å²) in [6.07, 6.45) is 2.31. The average molecular weight is 351 g/mol. The standard InChI is InChI=1S/C16H19BrN2O2/c1-3-13-16(17)14(19(2)18-13)9-21-11-5-6-12-10(8-11)4-7-15(12)20/h5-6,8,15,20H,3-4,7,9H2,1-2H3/t15-/m1/s1. The van der Waals surface area contributed by atoms with E-state index in [-0.39, 0.29) is 6.10 Å². The van der Waals surface area contributed by atoms with Crippen LogP contribution in [-0.2, 0) is 26.5 Å². The highest BCUT2D eigenvalue weighted by atomic mass is 79.9. The summed E-state index contributed by atoms with van der Waals surface area (Å²) >= 11 is 3.60. The first kappa shape index (κ1) is 14.6. The molecule has 2 aromatic rings. The third-order valence-corrected chi connectivity index (χ3v) is 4.95. The minimum absolute atomic E-state index is 0.313. The third kappa shape index (κ3) is 2.72. The molecule has 0 saturated heterocycles. The van der Waals surface area contributed by atoms with Gasteiger partial charge in [-0.1, -0.05) is 13.0 Å². The zero-order valence-corrected chi connectivity index (χ0v) is 13.9. The van der Waals surface area contributed by atoms with E-state index in [4.69, 9.17) is 4.74 Å². The number of nitrogens with zero attached hydrogens (tertiary/aromatic N) is 2. The van der Waals surface area contributed by atoms with Crippen molar-refractivity contribution < 1.29 is 9.84 Å². The van der Waals surface area contributed by atoms with Crippen LogP contribution in [0.15, 0.2) is 22.7 Å². The van der Waals surface area contributed by atoms with Crippen LogP contribution in [0.1, 0.15) is 42.0 Å². The fourth-order valence-corrected chi connectivity index (χ4v) is 3.52. The second-order valence-electron chi connectivity index (χ2n) is 5.39. The van der Waals surface area contributed by atoms with Crippen LogP contribution in [0, 0.1) is 0 Å². The minimum atomic E-state index is -0.313. The first-order valence-electron chi connectivity index (χ1n) is 7.24. The van der Waals surface area contributed by atoms with Gasteiger partial charge in [-0.15, -0.1) is 0 Å². The predicted molar refractivity (Wildman–Crippen MR) is 84.3 cm³/mol. The molecule has 0 bridgehead atoms. The Balaban J connectivity index is 1.75. The van der Waals surface area contributed by atoms with Gasteiger partial charge in [0.25, 0.3) is 0 Å². The molecule has 1 aliphatic carbocycles. The molecule has 0 amide bonds. The minimum Gasteiger partial charge on any atom is -0.487 e. The van der Waals surface area contributed by atoms with E-state index >= 15 is 0 Å². The van der Waals surface area contributed by atoms with Crippen LogP contribution in [-0.4, -0.2) is 14.9 Å².